The van der Waals surface area contributed by atoms with E-state index in [1.165, 1.54) is 0 Å². The van der Waals surface area contributed by atoms with E-state index >= 15 is 0 Å². The Balaban J connectivity index is 1.50. The van der Waals surface area contributed by atoms with Crippen LogP contribution < -0.4 is 14.2 Å². The molecule has 1 fully saturated rings. The van der Waals surface area contributed by atoms with Gasteiger partial charge < -0.3 is 24.2 Å². The largest absolute Gasteiger partial charge is 0.493 e. The van der Waals surface area contributed by atoms with E-state index < -0.39 is 5.97 Å². The molecule has 3 rings (SSSR count). The smallest absolute Gasteiger partial charge is 0.303 e. The summed E-state index contributed by atoms with van der Waals surface area (Å²) >= 11 is 0. The molecule has 1 aromatic rings. The molecule has 0 radical (unpaired) electrons. The summed E-state index contributed by atoms with van der Waals surface area (Å²) in [6, 6.07) is 3.92. The first-order chi connectivity index (χ1) is 12.6. The summed E-state index contributed by atoms with van der Waals surface area (Å²) in [6.07, 6.45) is 0.731. The Hall–Kier alpha value is -2.48. The number of hydrogen-bond donors (Lipinski definition) is 1. The molecule has 0 unspecified atom stereocenters. The minimum absolute atomic E-state index is 0.0376. The fraction of sp³-hybridized carbons (Fsp3) is 0.556. The third-order valence-corrected chi connectivity index (χ3v) is 4.63. The Morgan fingerprint density at radius 1 is 1.15 bits per heavy atom. The molecule has 0 aliphatic carbocycles. The van der Waals surface area contributed by atoms with Crippen LogP contribution in [0.15, 0.2) is 12.1 Å². The van der Waals surface area contributed by atoms with Crippen LogP contribution in [-0.2, 0) is 16.1 Å². The molecule has 0 aromatic heterocycles. The number of benzene rings is 1. The second kappa shape index (κ2) is 8.27. The molecule has 1 aromatic carbocycles. The van der Waals surface area contributed by atoms with E-state index in [1.54, 1.807) is 7.11 Å². The standard InChI is InChI=1S/C18H24N2O6/c1-24-14-9-13(10-15-18(14)26-12-25-15)11-19-5-7-20(8-6-19)16(21)3-2-4-17(22)23/h9-10H,2-8,11-12H2,1H3,(H,22,23). The summed E-state index contributed by atoms with van der Waals surface area (Å²) in [6.45, 7) is 3.83. The molecule has 1 saturated heterocycles. The van der Waals surface area contributed by atoms with Crippen LogP contribution in [0.25, 0.3) is 0 Å². The van der Waals surface area contributed by atoms with Crippen molar-refractivity contribution in [1.29, 1.82) is 0 Å². The Morgan fingerprint density at radius 2 is 1.92 bits per heavy atom. The summed E-state index contributed by atoms with van der Waals surface area (Å²) in [7, 11) is 1.61. The highest BCUT2D eigenvalue weighted by Gasteiger charge is 2.23. The lowest BCUT2D eigenvalue weighted by Gasteiger charge is -2.35. The van der Waals surface area contributed by atoms with Crippen LogP contribution in [0, 0.1) is 0 Å². The van der Waals surface area contributed by atoms with Crippen molar-refractivity contribution in [3.8, 4) is 17.2 Å². The maximum Gasteiger partial charge on any atom is 0.303 e. The second-order valence-corrected chi connectivity index (χ2v) is 6.44. The van der Waals surface area contributed by atoms with Gasteiger partial charge in [-0.3, -0.25) is 14.5 Å². The number of piperazine rings is 1. The summed E-state index contributed by atoms with van der Waals surface area (Å²) in [5.74, 6) is 1.19. The predicted octanol–water partition coefficient (Wildman–Crippen LogP) is 1.32. The average Bonchev–Trinajstić information content (AvgIpc) is 3.09. The molecular weight excluding hydrogens is 340 g/mol. The summed E-state index contributed by atoms with van der Waals surface area (Å²) in [5.41, 5.74) is 1.08. The molecule has 26 heavy (non-hydrogen) atoms. The number of rotatable bonds is 7. The second-order valence-electron chi connectivity index (χ2n) is 6.44. The summed E-state index contributed by atoms with van der Waals surface area (Å²) < 4.78 is 16.2. The monoisotopic (exact) mass is 364 g/mol. The van der Waals surface area contributed by atoms with Crippen LogP contribution in [-0.4, -0.2) is 66.9 Å². The Bertz CT molecular complexity index is 670. The minimum Gasteiger partial charge on any atom is -0.493 e. The Labute approximate surface area is 152 Å². The topological polar surface area (TPSA) is 88.5 Å². The quantitative estimate of drug-likeness (QED) is 0.781. The lowest BCUT2D eigenvalue weighted by molar-refractivity contribution is -0.137. The van der Waals surface area contributed by atoms with Crippen molar-refractivity contribution in [1.82, 2.24) is 9.80 Å². The van der Waals surface area contributed by atoms with Gasteiger partial charge in [0.15, 0.2) is 11.5 Å². The first kappa shape index (κ1) is 18.3. The van der Waals surface area contributed by atoms with Crippen LogP contribution in [0.3, 0.4) is 0 Å². The van der Waals surface area contributed by atoms with Gasteiger partial charge in [-0.25, -0.2) is 0 Å². The van der Waals surface area contributed by atoms with Gasteiger partial charge in [-0.1, -0.05) is 0 Å². The number of amides is 1. The van der Waals surface area contributed by atoms with Crippen LogP contribution in [0.4, 0.5) is 0 Å². The van der Waals surface area contributed by atoms with Crippen LogP contribution >= 0.6 is 0 Å². The van der Waals surface area contributed by atoms with Crippen LogP contribution in [0.5, 0.6) is 17.2 Å². The number of carboxylic acids is 1. The van der Waals surface area contributed by atoms with Crippen LogP contribution in [0.2, 0.25) is 0 Å². The number of fused-ring (bicyclic) bond motifs is 1. The van der Waals surface area contributed by atoms with Crippen molar-refractivity contribution in [2.75, 3.05) is 40.1 Å². The minimum atomic E-state index is -0.859. The van der Waals surface area contributed by atoms with E-state index in [9.17, 15) is 9.59 Å². The maximum absolute atomic E-state index is 12.1. The molecule has 0 spiro atoms. The Kier molecular flexibility index (Phi) is 5.82. The van der Waals surface area contributed by atoms with Gasteiger partial charge in [0.25, 0.3) is 0 Å². The third-order valence-electron chi connectivity index (χ3n) is 4.63. The number of carboxylic acid groups (broad SMARTS) is 1. The lowest BCUT2D eigenvalue weighted by Crippen LogP contribution is -2.48. The SMILES string of the molecule is COc1cc(CN2CCN(C(=O)CCCC(=O)O)CC2)cc2c1OCO2. The van der Waals surface area contributed by atoms with Gasteiger partial charge in [0.1, 0.15) is 0 Å². The highest BCUT2D eigenvalue weighted by atomic mass is 16.7. The van der Waals surface area contributed by atoms with E-state index in [0.717, 1.165) is 25.2 Å². The van der Waals surface area contributed by atoms with Gasteiger partial charge in [-0.15, -0.1) is 0 Å². The number of hydrogen-bond acceptors (Lipinski definition) is 6. The van der Waals surface area contributed by atoms with Gasteiger partial charge in [0.05, 0.1) is 7.11 Å². The van der Waals surface area contributed by atoms with Gasteiger partial charge in [0, 0.05) is 45.6 Å². The van der Waals surface area contributed by atoms with Gasteiger partial charge in [-0.2, -0.15) is 0 Å². The van der Waals surface area contributed by atoms with E-state index in [4.69, 9.17) is 19.3 Å². The maximum atomic E-state index is 12.1. The van der Waals surface area contributed by atoms with Crippen molar-refractivity contribution in [3.63, 3.8) is 0 Å². The number of carbonyl (C=O) groups is 2. The van der Waals surface area contributed by atoms with Crippen molar-refractivity contribution in [2.45, 2.75) is 25.8 Å². The zero-order valence-electron chi connectivity index (χ0n) is 14.9. The molecule has 0 bridgehead atoms. The highest BCUT2D eigenvalue weighted by molar-refractivity contribution is 5.77. The van der Waals surface area contributed by atoms with E-state index in [1.807, 2.05) is 17.0 Å². The number of aliphatic carboxylic acids is 1. The molecule has 1 amide bonds. The normalized spacial score (nSPS) is 16.6. The summed E-state index contributed by atoms with van der Waals surface area (Å²) in [5, 5.41) is 8.65. The number of carbonyl (C=O) groups excluding carboxylic acids is 1. The lowest BCUT2D eigenvalue weighted by atomic mass is 10.1. The highest BCUT2D eigenvalue weighted by Crippen LogP contribution is 2.42. The third kappa shape index (κ3) is 4.37. The molecule has 0 saturated carbocycles. The fourth-order valence-corrected chi connectivity index (χ4v) is 3.24. The van der Waals surface area contributed by atoms with Gasteiger partial charge in [0.2, 0.25) is 18.4 Å². The molecular formula is C18H24N2O6. The summed E-state index contributed by atoms with van der Waals surface area (Å²) in [4.78, 5) is 26.8. The zero-order chi connectivity index (χ0) is 18.5. The van der Waals surface area contributed by atoms with E-state index in [2.05, 4.69) is 4.90 Å². The van der Waals surface area contributed by atoms with Crippen molar-refractivity contribution >= 4 is 11.9 Å². The van der Waals surface area contributed by atoms with Crippen molar-refractivity contribution in [3.05, 3.63) is 17.7 Å². The Morgan fingerprint density at radius 3 is 2.62 bits per heavy atom. The molecule has 8 heteroatoms. The molecule has 142 valence electrons. The van der Waals surface area contributed by atoms with E-state index in [-0.39, 0.29) is 19.1 Å². The number of nitrogens with zero attached hydrogens (tertiary/aromatic N) is 2. The van der Waals surface area contributed by atoms with Crippen molar-refractivity contribution < 1.29 is 28.9 Å². The number of methoxy groups -OCH3 is 1. The van der Waals surface area contributed by atoms with E-state index in [0.29, 0.717) is 43.2 Å². The molecule has 8 nitrogen and oxygen atoms in total. The first-order valence-corrected chi connectivity index (χ1v) is 8.75. The molecule has 2 aliphatic rings. The van der Waals surface area contributed by atoms with Gasteiger partial charge in [-0.05, 0) is 24.1 Å². The molecule has 1 N–H and O–H groups in total. The first-order valence-electron chi connectivity index (χ1n) is 8.75. The predicted molar refractivity (Wildman–Crippen MR) is 92.5 cm³/mol. The van der Waals surface area contributed by atoms with Gasteiger partial charge >= 0.3 is 5.97 Å². The van der Waals surface area contributed by atoms with Crippen LogP contribution in [0.1, 0.15) is 24.8 Å². The molecule has 0 atom stereocenters. The average molecular weight is 364 g/mol. The zero-order valence-corrected chi connectivity index (χ0v) is 14.9. The molecule has 2 heterocycles. The van der Waals surface area contributed by atoms with Crippen molar-refractivity contribution in [2.24, 2.45) is 0 Å². The fourth-order valence-electron chi connectivity index (χ4n) is 3.24. The molecule has 2 aliphatic heterocycles. The number of ether oxygens (including phenoxy) is 3.